The fraction of sp³-hybridized carbons (Fsp3) is 0.364. The molecule has 0 aliphatic carbocycles. The SMILES string of the molecule is [NH3+]C[C@H](Cc1ccccc1OC(F)(F)F)C(=O)[O-]. The third-order valence-electron chi connectivity index (χ3n) is 2.35. The van der Waals surface area contributed by atoms with Crippen molar-refractivity contribution in [1.82, 2.24) is 0 Å². The van der Waals surface area contributed by atoms with Crippen molar-refractivity contribution in [3.63, 3.8) is 0 Å². The fourth-order valence-electron chi connectivity index (χ4n) is 1.47. The molecule has 0 aliphatic rings. The fourth-order valence-corrected chi connectivity index (χ4v) is 1.47. The number of benzene rings is 1. The van der Waals surface area contributed by atoms with Gasteiger partial charge in [-0.1, -0.05) is 18.2 Å². The van der Waals surface area contributed by atoms with Gasteiger partial charge in [0.1, 0.15) is 5.75 Å². The van der Waals surface area contributed by atoms with Crippen LogP contribution in [-0.4, -0.2) is 18.9 Å². The Kier molecular flexibility index (Phi) is 4.55. The average molecular weight is 263 g/mol. The van der Waals surface area contributed by atoms with Gasteiger partial charge < -0.3 is 20.4 Å². The second-order valence-corrected chi connectivity index (χ2v) is 3.66. The summed E-state index contributed by atoms with van der Waals surface area (Å²) in [5.74, 6) is -2.68. The maximum atomic E-state index is 12.1. The summed E-state index contributed by atoms with van der Waals surface area (Å²) in [7, 11) is 0. The number of carbonyl (C=O) groups is 1. The number of hydrogen-bond donors (Lipinski definition) is 1. The first-order valence-corrected chi connectivity index (χ1v) is 5.17. The quantitative estimate of drug-likeness (QED) is 0.794. The van der Waals surface area contributed by atoms with Crippen LogP contribution in [0.25, 0.3) is 0 Å². The lowest BCUT2D eigenvalue weighted by Crippen LogP contribution is -2.57. The summed E-state index contributed by atoms with van der Waals surface area (Å²) in [5, 5.41) is 10.7. The molecular formula is C11H12F3NO3. The van der Waals surface area contributed by atoms with E-state index in [9.17, 15) is 23.1 Å². The predicted octanol–water partition coefficient (Wildman–Crippen LogP) is -0.264. The maximum absolute atomic E-state index is 12.1. The lowest BCUT2D eigenvalue weighted by atomic mass is 9.99. The molecule has 0 fully saturated rings. The van der Waals surface area contributed by atoms with E-state index >= 15 is 0 Å². The second-order valence-electron chi connectivity index (χ2n) is 3.66. The van der Waals surface area contributed by atoms with Gasteiger partial charge in [0, 0.05) is 0 Å². The first-order chi connectivity index (χ1) is 8.33. The maximum Gasteiger partial charge on any atom is 0.573 e. The molecular weight excluding hydrogens is 251 g/mol. The Hall–Kier alpha value is -1.76. The molecule has 0 radical (unpaired) electrons. The van der Waals surface area contributed by atoms with E-state index in [4.69, 9.17) is 0 Å². The number of carbonyl (C=O) groups excluding carboxylic acids is 1. The molecule has 1 aromatic carbocycles. The number of rotatable bonds is 5. The van der Waals surface area contributed by atoms with Crippen LogP contribution in [0.4, 0.5) is 13.2 Å². The molecule has 18 heavy (non-hydrogen) atoms. The van der Waals surface area contributed by atoms with Crippen molar-refractivity contribution in [2.24, 2.45) is 5.92 Å². The number of para-hydroxylation sites is 1. The highest BCUT2D eigenvalue weighted by Crippen LogP contribution is 2.27. The van der Waals surface area contributed by atoms with Crippen molar-refractivity contribution < 1.29 is 33.5 Å². The molecule has 0 saturated heterocycles. The molecule has 4 nitrogen and oxygen atoms in total. The van der Waals surface area contributed by atoms with E-state index in [2.05, 4.69) is 10.5 Å². The van der Waals surface area contributed by atoms with Gasteiger partial charge >= 0.3 is 6.36 Å². The van der Waals surface area contributed by atoms with E-state index < -0.39 is 24.0 Å². The summed E-state index contributed by atoms with van der Waals surface area (Å²) >= 11 is 0. The highest BCUT2D eigenvalue weighted by Gasteiger charge is 2.32. The van der Waals surface area contributed by atoms with Crippen LogP contribution in [0.5, 0.6) is 5.75 Å². The highest BCUT2D eigenvalue weighted by molar-refractivity contribution is 5.68. The number of hydrogen-bond acceptors (Lipinski definition) is 3. The van der Waals surface area contributed by atoms with Gasteiger partial charge in [-0.05, 0) is 18.1 Å². The van der Waals surface area contributed by atoms with E-state index in [1.54, 1.807) is 0 Å². The Labute approximate surface area is 101 Å². The molecule has 0 aliphatic heterocycles. The number of ether oxygens (including phenoxy) is 1. The predicted molar refractivity (Wildman–Crippen MR) is 53.1 cm³/mol. The third kappa shape index (κ3) is 4.25. The first kappa shape index (κ1) is 14.3. The minimum Gasteiger partial charge on any atom is -0.550 e. The van der Waals surface area contributed by atoms with E-state index in [1.807, 2.05) is 0 Å². The molecule has 0 amide bonds. The van der Waals surface area contributed by atoms with Gasteiger partial charge in [0.05, 0.1) is 18.4 Å². The summed E-state index contributed by atoms with van der Waals surface area (Å²) in [6.45, 7) is 0.0304. The van der Waals surface area contributed by atoms with Gasteiger partial charge in [-0.2, -0.15) is 0 Å². The minimum atomic E-state index is -4.81. The van der Waals surface area contributed by atoms with Crippen molar-refractivity contribution in [1.29, 1.82) is 0 Å². The minimum absolute atomic E-state index is 0.0304. The van der Waals surface area contributed by atoms with E-state index in [0.717, 1.165) is 6.07 Å². The molecule has 0 unspecified atom stereocenters. The Balaban J connectivity index is 2.91. The van der Waals surface area contributed by atoms with Crippen LogP contribution >= 0.6 is 0 Å². The number of alkyl halides is 3. The van der Waals surface area contributed by atoms with Gasteiger partial charge in [-0.25, -0.2) is 0 Å². The first-order valence-electron chi connectivity index (χ1n) is 5.17. The van der Waals surface area contributed by atoms with Crippen molar-refractivity contribution in [3.8, 4) is 5.75 Å². The van der Waals surface area contributed by atoms with Crippen LogP contribution in [0.1, 0.15) is 5.56 Å². The summed E-state index contributed by atoms with van der Waals surface area (Å²) < 4.78 is 40.2. The van der Waals surface area contributed by atoms with E-state index in [0.29, 0.717) is 0 Å². The van der Waals surface area contributed by atoms with Crippen LogP contribution in [0.15, 0.2) is 24.3 Å². The summed E-state index contributed by atoms with van der Waals surface area (Å²) in [6, 6.07) is 5.40. The summed E-state index contributed by atoms with van der Waals surface area (Å²) in [4.78, 5) is 10.7. The molecule has 0 spiro atoms. The van der Waals surface area contributed by atoms with Crippen molar-refractivity contribution >= 4 is 5.97 Å². The Morgan fingerprint density at radius 3 is 2.50 bits per heavy atom. The zero-order valence-corrected chi connectivity index (χ0v) is 9.37. The molecule has 1 rings (SSSR count). The van der Waals surface area contributed by atoms with Crippen LogP contribution in [0, 0.1) is 5.92 Å². The van der Waals surface area contributed by atoms with Crippen molar-refractivity contribution in [3.05, 3.63) is 29.8 Å². The molecule has 0 aromatic heterocycles. The molecule has 7 heteroatoms. The molecule has 0 bridgehead atoms. The molecule has 0 heterocycles. The Bertz CT molecular complexity index is 420. The van der Waals surface area contributed by atoms with E-state index in [1.165, 1.54) is 18.2 Å². The van der Waals surface area contributed by atoms with Crippen LogP contribution in [-0.2, 0) is 11.2 Å². The van der Waals surface area contributed by atoms with Gasteiger partial charge in [0.2, 0.25) is 0 Å². The Morgan fingerprint density at radius 1 is 1.39 bits per heavy atom. The molecule has 3 N–H and O–H groups in total. The highest BCUT2D eigenvalue weighted by atomic mass is 19.4. The Morgan fingerprint density at radius 2 is 2.00 bits per heavy atom. The van der Waals surface area contributed by atoms with Gasteiger partial charge in [0.25, 0.3) is 0 Å². The second kappa shape index (κ2) is 5.72. The molecule has 1 aromatic rings. The largest absolute Gasteiger partial charge is 0.573 e. The number of halogens is 3. The number of quaternary nitrogens is 1. The van der Waals surface area contributed by atoms with Gasteiger partial charge in [-0.15, -0.1) is 13.2 Å². The average Bonchev–Trinajstić information content (AvgIpc) is 2.25. The van der Waals surface area contributed by atoms with E-state index in [-0.39, 0.29) is 18.5 Å². The molecule has 0 saturated carbocycles. The number of aliphatic carboxylic acids is 1. The topological polar surface area (TPSA) is 77.0 Å². The lowest BCUT2D eigenvalue weighted by molar-refractivity contribution is -0.387. The zero-order chi connectivity index (χ0) is 13.8. The number of carboxylic acid groups (broad SMARTS) is 1. The zero-order valence-electron chi connectivity index (χ0n) is 9.37. The van der Waals surface area contributed by atoms with Crippen LogP contribution in [0.3, 0.4) is 0 Å². The summed E-state index contributed by atoms with van der Waals surface area (Å²) in [6.07, 6.45) is -4.92. The summed E-state index contributed by atoms with van der Waals surface area (Å²) in [5.41, 5.74) is 3.58. The monoisotopic (exact) mass is 263 g/mol. The normalized spacial score (nSPS) is 13.1. The molecule has 100 valence electrons. The van der Waals surface area contributed by atoms with Crippen LogP contribution < -0.4 is 15.6 Å². The van der Waals surface area contributed by atoms with Gasteiger partial charge in [0.15, 0.2) is 0 Å². The van der Waals surface area contributed by atoms with Crippen molar-refractivity contribution in [2.45, 2.75) is 12.8 Å². The lowest BCUT2D eigenvalue weighted by Gasteiger charge is -2.17. The van der Waals surface area contributed by atoms with Gasteiger partial charge in [-0.3, -0.25) is 0 Å². The standard InChI is InChI=1S/C11H12F3NO3/c12-11(13,14)18-9-4-2-1-3-7(9)5-8(6-15)10(16)17/h1-4,8H,5-6,15H2,(H,16,17)/t8-/m0/s1. The smallest absolute Gasteiger partial charge is 0.550 e. The molecule has 1 atom stereocenters. The third-order valence-corrected chi connectivity index (χ3v) is 2.35. The van der Waals surface area contributed by atoms with Crippen molar-refractivity contribution in [2.75, 3.05) is 6.54 Å². The van der Waals surface area contributed by atoms with Crippen LogP contribution in [0.2, 0.25) is 0 Å². The number of carboxylic acids is 1.